The molecule has 8 nitrogen and oxygen atoms in total. The maximum Gasteiger partial charge on any atom is 0.194 e. The minimum atomic E-state index is -0.0102. The third kappa shape index (κ3) is 5.98. The van der Waals surface area contributed by atoms with Gasteiger partial charge in [-0.15, -0.1) is 24.0 Å². The van der Waals surface area contributed by atoms with Crippen LogP contribution in [0.15, 0.2) is 54.0 Å². The molecule has 0 radical (unpaired) electrons. The number of aliphatic imine (C=N–C) groups is 1. The molecule has 1 fully saturated rings. The number of hydrogen-bond acceptors (Lipinski definition) is 4. The minimum Gasteiger partial charge on any atom is -0.370 e. The van der Waals surface area contributed by atoms with E-state index in [1.165, 1.54) is 0 Å². The fourth-order valence-corrected chi connectivity index (χ4v) is 3.54. The Balaban J connectivity index is 0.00000272. The minimum absolute atomic E-state index is 0. The summed E-state index contributed by atoms with van der Waals surface area (Å²) < 4.78 is 9.59. The molecule has 2 aromatic heterocycles. The van der Waals surface area contributed by atoms with E-state index in [4.69, 9.17) is 21.3 Å². The molecule has 1 aliphatic rings. The van der Waals surface area contributed by atoms with Gasteiger partial charge in [-0.25, -0.2) is 9.67 Å². The monoisotopic (exact) mass is 555 g/mol. The van der Waals surface area contributed by atoms with Crippen LogP contribution in [0.4, 0.5) is 0 Å². The first kappa shape index (κ1) is 23.6. The highest BCUT2D eigenvalue weighted by molar-refractivity contribution is 14.0. The molecule has 0 saturated carbocycles. The molecule has 1 saturated heterocycles. The van der Waals surface area contributed by atoms with Crippen LogP contribution >= 0.6 is 35.6 Å². The zero-order valence-corrected chi connectivity index (χ0v) is 20.7. The van der Waals surface area contributed by atoms with Crippen LogP contribution in [-0.4, -0.2) is 56.7 Å². The van der Waals surface area contributed by atoms with E-state index >= 15 is 0 Å². The van der Waals surface area contributed by atoms with Gasteiger partial charge in [-0.1, -0.05) is 11.6 Å². The Labute approximate surface area is 204 Å². The zero-order valence-electron chi connectivity index (χ0n) is 17.6. The SMILES string of the molecule is CCNC(=NCc1cnn(-c2ccc(Cl)cc2)c1)N1CCOC(c2cnn(C)c2)C1.I. The van der Waals surface area contributed by atoms with E-state index in [1.807, 2.05) is 60.8 Å². The Morgan fingerprint density at radius 3 is 2.74 bits per heavy atom. The number of nitrogens with one attached hydrogen (secondary N) is 1. The van der Waals surface area contributed by atoms with Crippen molar-refractivity contribution in [3.8, 4) is 5.69 Å². The number of halogens is 2. The first-order valence-corrected chi connectivity index (χ1v) is 10.4. The van der Waals surface area contributed by atoms with Crippen molar-refractivity contribution < 1.29 is 4.74 Å². The van der Waals surface area contributed by atoms with Gasteiger partial charge in [0.15, 0.2) is 5.96 Å². The van der Waals surface area contributed by atoms with Crippen LogP contribution in [0.1, 0.15) is 24.2 Å². The molecule has 3 aromatic rings. The summed E-state index contributed by atoms with van der Waals surface area (Å²) >= 11 is 5.97. The van der Waals surface area contributed by atoms with Gasteiger partial charge in [-0.2, -0.15) is 10.2 Å². The lowest BCUT2D eigenvalue weighted by atomic mass is 10.1. The molecule has 4 rings (SSSR count). The van der Waals surface area contributed by atoms with Gasteiger partial charge in [0, 0.05) is 48.7 Å². The number of nitrogens with zero attached hydrogens (tertiary/aromatic N) is 6. The summed E-state index contributed by atoms with van der Waals surface area (Å²) in [6.45, 7) is 5.61. The lowest BCUT2D eigenvalue weighted by Gasteiger charge is -2.34. The van der Waals surface area contributed by atoms with E-state index in [-0.39, 0.29) is 30.1 Å². The number of hydrogen-bond donors (Lipinski definition) is 1. The molecule has 31 heavy (non-hydrogen) atoms. The van der Waals surface area contributed by atoms with Crippen molar-refractivity contribution in [2.45, 2.75) is 19.6 Å². The number of benzene rings is 1. The fraction of sp³-hybridized carbons (Fsp3) is 0.381. The lowest BCUT2D eigenvalue weighted by molar-refractivity contribution is -0.00805. The molecule has 166 valence electrons. The first-order chi connectivity index (χ1) is 14.6. The fourth-order valence-electron chi connectivity index (χ4n) is 3.42. The highest BCUT2D eigenvalue weighted by Gasteiger charge is 2.25. The predicted molar refractivity (Wildman–Crippen MR) is 132 cm³/mol. The zero-order chi connectivity index (χ0) is 20.9. The summed E-state index contributed by atoms with van der Waals surface area (Å²) in [6.07, 6.45) is 7.70. The molecule has 1 aliphatic heterocycles. The average Bonchev–Trinajstić information content (AvgIpc) is 3.41. The molecular weight excluding hydrogens is 529 g/mol. The van der Waals surface area contributed by atoms with Gasteiger partial charge < -0.3 is 15.0 Å². The number of aryl methyl sites for hydroxylation is 1. The summed E-state index contributed by atoms with van der Waals surface area (Å²) in [6, 6.07) is 7.60. The van der Waals surface area contributed by atoms with Gasteiger partial charge in [0.05, 0.1) is 37.8 Å². The van der Waals surface area contributed by atoms with Crippen molar-refractivity contribution in [3.05, 3.63) is 65.2 Å². The normalized spacial score (nSPS) is 16.8. The van der Waals surface area contributed by atoms with Crippen molar-refractivity contribution in [2.24, 2.45) is 12.0 Å². The van der Waals surface area contributed by atoms with Crippen molar-refractivity contribution >= 4 is 41.5 Å². The second-order valence-electron chi connectivity index (χ2n) is 7.19. The van der Waals surface area contributed by atoms with E-state index in [1.54, 1.807) is 4.68 Å². The maximum atomic E-state index is 5.97. The maximum absolute atomic E-state index is 5.97. The smallest absolute Gasteiger partial charge is 0.194 e. The van der Waals surface area contributed by atoms with Gasteiger partial charge in [-0.3, -0.25) is 4.68 Å². The standard InChI is InChI=1S/C21H26ClN7O.HI/c1-3-23-21(28-8-9-30-20(15-28)17-12-25-27(2)14-17)24-10-16-11-26-29(13-16)19-6-4-18(22)5-7-19;/h4-7,11-14,20H,3,8-10,15H2,1-2H3,(H,23,24);1H. The molecule has 3 heterocycles. The van der Waals surface area contributed by atoms with Crippen molar-refractivity contribution in [1.82, 2.24) is 29.8 Å². The Morgan fingerprint density at radius 1 is 1.23 bits per heavy atom. The van der Waals surface area contributed by atoms with E-state index in [0.717, 1.165) is 42.4 Å². The van der Waals surface area contributed by atoms with Crippen molar-refractivity contribution in [1.29, 1.82) is 0 Å². The molecule has 0 amide bonds. The molecule has 0 aliphatic carbocycles. The third-order valence-corrected chi connectivity index (χ3v) is 5.19. The quantitative estimate of drug-likeness (QED) is 0.297. The first-order valence-electron chi connectivity index (χ1n) is 10.1. The molecular formula is C21H27ClIN7O. The summed E-state index contributed by atoms with van der Waals surface area (Å²) in [4.78, 5) is 7.09. The Bertz CT molecular complexity index is 1000. The lowest BCUT2D eigenvalue weighted by Crippen LogP contribution is -2.48. The molecule has 0 spiro atoms. The van der Waals surface area contributed by atoms with Crippen LogP contribution in [0.2, 0.25) is 5.02 Å². The number of aromatic nitrogens is 4. The highest BCUT2D eigenvalue weighted by atomic mass is 127. The van der Waals surface area contributed by atoms with Gasteiger partial charge >= 0.3 is 0 Å². The summed E-state index contributed by atoms with van der Waals surface area (Å²) in [5.41, 5.74) is 3.09. The van der Waals surface area contributed by atoms with Crippen molar-refractivity contribution in [2.75, 3.05) is 26.2 Å². The Morgan fingerprint density at radius 2 is 2.03 bits per heavy atom. The van der Waals surface area contributed by atoms with Gasteiger partial charge in [-0.05, 0) is 31.2 Å². The summed E-state index contributed by atoms with van der Waals surface area (Å²) in [5, 5.41) is 12.8. The van der Waals surface area contributed by atoms with Crippen LogP contribution in [0, 0.1) is 0 Å². The molecule has 1 unspecified atom stereocenters. The number of morpholine rings is 1. The van der Waals surface area contributed by atoms with Gasteiger partial charge in [0.2, 0.25) is 0 Å². The number of rotatable bonds is 5. The van der Waals surface area contributed by atoms with E-state index in [9.17, 15) is 0 Å². The molecule has 1 N–H and O–H groups in total. The number of guanidine groups is 1. The van der Waals surface area contributed by atoms with Gasteiger partial charge in [0.1, 0.15) is 6.10 Å². The second kappa shape index (κ2) is 11.0. The third-order valence-electron chi connectivity index (χ3n) is 4.94. The summed E-state index contributed by atoms with van der Waals surface area (Å²) in [5.74, 6) is 0.883. The molecule has 1 atom stereocenters. The van der Waals surface area contributed by atoms with Crippen LogP contribution in [0.3, 0.4) is 0 Å². The Hall–Kier alpha value is -2.11. The average molecular weight is 556 g/mol. The van der Waals surface area contributed by atoms with Crippen LogP contribution in [0.25, 0.3) is 5.69 Å². The molecule has 1 aromatic carbocycles. The van der Waals surface area contributed by atoms with Crippen LogP contribution in [0.5, 0.6) is 0 Å². The van der Waals surface area contributed by atoms with E-state index in [2.05, 4.69) is 27.3 Å². The largest absolute Gasteiger partial charge is 0.370 e. The van der Waals surface area contributed by atoms with Gasteiger partial charge in [0.25, 0.3) is 0 Å². The molecule has 0 bridgehead atoms. The topological polar surface area (TPSA) is 72.5 Å². The van der Waals surface area contributed by atoms with E-state index in [0.29, 0.717) is 18.2 Å². The highest BCUT2D eigenvalue weighted by Crippen LogP contribution is 2.22. The van der Waals surface area contributed by atoms with Crippen molar-refractivity contribution in [3.63, 3.8) is 0 Å². The summed E-state index contributed by atoms with van der Waals surface area (Å²) in [7, 11) is 1.92. The van der Waals surface area contributed by atoms with E-state index < -0.39 is 0 Å². The predicted octanol–water partition coefficient (Wildman–Crippen LogP) is 3.42. The van der Waals surface area contributed by atoms with Crippen LogP contribution < -0.4 is 5.32 Å². The second-order valence-corrected chi connectivity index (χ2v) is 7.63. The number of ether oxygens (including phenoxy) is 1. The van der Waals surface area contributed by atoms with Crippen LogP contribution in [-0.2, 0) is 18.3 Å². The Kier molecular flexibility index (Phi) is 8.33. The molecule has 10 heteroatoms.